The van der Waals surface area contributed by atoms with Gasteiger partial charge in [-0.15, -0.1) is 11.8 Å². The minimum atomic E-state index is -4.81. The van der Waals surface area contributed by atoms with Crippen molar-refractivity contribution in [2.24, 2.45) is 0 Å². The van der Waals surface area contributed by atoms with Crippen LogP contribution in [0.5, 0.6) is 0 Å². The Morgan fingerprint density at radius 1 is 1.17 bits per heavy atom. The Labute approximate surface area is 110 Å². The predicted molar refractivity (Wildman–Crippen MR) is 70.3 cm³/mol. The van der Waals surface area contributed by atoms with Crippen molar-refractivity contribution < 1.29 is 33.2 Å². The van der Waals surface area contributed by atoms with Crippen LogP contribution in [-0.2, 0) is 9.13 Å². The normalized spacial score (nSPS) is 25.4. The van der Waals surface area contributed by atoms with Crippen molar-refractivity contribution in [2.45, 2.75) is 22.8 Å². The van der Waals surface area contributed by atoms with Crippen LogP contribution in [0.3, 0.4) is 0 Å². The Bertz CT molecular complexity index is 369. The van der Waals surface area contributed by atoms with Crippen LogP contribution in [0.2, 0.25) is 0 Å². The molecule has 1 rings (SSSR count). The molecule has 0 aromatic heterocycles. The SMILES string of the molecule is C[N+]1(C)CCCC(SC(P(=O)(O)O)P(=O)(O)O)C1. The van der Waals surface area contributed by atoms with E-state index in [1.807, 2.05) is 14.1 Å². The van der Waals surface area contributed by atoms with Gasteiger partial charge in [0.2, 0.25) is 4.73 Å². The summed E-state index contributed by atoms with van der Waals surface area (Å²) in [4.78, 5) is 36.3. The summed E-state index contributed by atoms with van der Waals surface area (Å²) >= 11 is 0.740. The zero-order chi connectivity index (χ0) is 14.2. The molecule has 108 valence electrons. The lowest BCUT2D eigenvalue weighted by Gasteiger charge is -2.38. The third-order valence-electron chi connectivity index (χ3n) is 2.88. The van der Waals surface area contributed by atoms with Crippen molar-refractivity contribution in [3.8, 4) is 0 Å². The van der Waals surface area contributed by atoms with Crippen LogP contribution in [-0.4, -0.2) is 61.2 Å². The lowest BCUT2D eigenvalue weighted by molar-refractivity contribution is -0.894. The first-order chi connectivity index (χ1) is 7.92. The van der Waals surface area contributed by atoms with Crippen molar-refractivity contribution in [1.29, 1.82) is 0 Å². The van der Waals surface area contributed by atoms with Crippen LogP contribution in [0.4, 0.5) is 0 Å². The van der Waals surface area contributed by atoms with Crippen LogP contribution in [0.1, 0.15) is 12.8 Å². The Morgan fingerprint density at radius 3 is 2.06 bits per heavy atom. The first-order valence-corrected chi connectivity index (χ1v) is 9.80. The summed E-state index contributed by atoms with van der Waals surface area (Å²) in [5, 5.41) is -0.140. The zero-order valence-electron chi connectivity index (χ0n) is 10.3. The highest BCUT2D eigenvalue weighted by molar-refractivity contribution is 8.12. The van der Waals surface area contributed by atoms with Crippen molar-refractivity contribution in [1.82, 2.24) is 0 Å². The molecule has 1 fully saturated rings. The number of nitrogens with zero attached hydrogens (tertiary/aromatic N) is 1. The Kier molecular flexibility index (Phi) is 5.13. The van der Waals surface area contributed by atoms with E-state index in [0.29, 0.717) is 11.0 Å². The summed E-state index contributed by atoms with van der Waals surface area (Å²) in [7, 11) is -5.63. The lowest BCUT2D eigenvalue weighted by atomic mass is 10.1. The first-order valence-electron chi connectivity index (χ1n) is 5.50. The molecule has 0 saturated carbocycles. The summed E-state index contributed by atoms with van der Waals surface area (Å²) in [5.74, 6) is 0. The fraction of sp³-hybridized carbons (Fsp3) is 1.00. The number of likely N-dealkylation sites (tertiary alicyclic amines) is 1. The van der Waals surface area contributed by atoms with Gasteiger partial charge in [-0.3, -0.25) is 9.13 Å². The quantitative estimate of drug-likeness (QED) is 0.443. The van der Waals surface area contributed by atoms with Gasteiger partial charge in [0.05, 0.1) is 32.4 Å². The zero-order valence-corrected chi connectivity index (χ0v) is 12.9. The molecule has 0 bridgehead atoms. The number of piperidine rings is 1. The van der Waals surface area contributed by atoms with E-state index in [1.165, 1.54) is 0 Å². The molecule has 1 unspecified atom stereocenters. The van der Waals surface area contributed by atoms with Gasteiger partial charge < -0.3 is 24.1 Å². The second-order valence-corrected chi connectivity index (χ2v) is 11.2. The maximum absolute atomic E-state index is 11.2. The maximum atomic E-state index is 11.2. The molecule has 0 aliphatic carbocycles. The Hall–Kier alpha value is 0.610. The van der Waals surface area contributed by atoms with Crippen LogP contribution < -0.4 is 0 Å². The molecule has 1 atom stereocenters. The Balaban J connectivity index is 2.80. The standard InChI is InChI=1S/C8H19NO6P2S/c1-9(2)5-3-4-7(6-9)18-8(16(10,11)12)17(13,14)15/h7-8H,3-6H2,1-2H3,(H3-,10,11,12,13,14,15)/p+1. The predicted octanol–water partition coefficient (Wildman–Crippen LogP) is 0.597. The van der Waals surface area contributed by atoms with E-state index in [1.54, 1.807) is 0 Å². The molecule has 4 N–H and O–H groups in total. The number of quaternary nitrogens is 1. The van der Waals surface area contributed by atoms with E-state index < -0.39 is 19.9 Å². The van der Waals surface area contributed by atoms with Crippen LogP contribution >= 0.6 is 27.0 Å². The third kappa shape index (κ3) is 4.94. The van der Waals surface area contributed by atoms with E-state index in [4.69, 9.17) is 19.6 Å². The molecule has 0 spiro atoms. The molecule has 0 radical (unpaired) electrons. The molecule has 0 aromatic carbocycles. The van der Waals surface area contributed by atoms with Crippen LogP contribution in [0, 0.1) is 0 Å². The molecule has 1 aliphatic rings. The molecular weight excluding hydrogens is 300 g/mol. The molecule has 18 heavy (non-hydrogen) atoms. The topological polar surface area (TPSA) is 115 Å². The van der Waals surface area contributed by atoms with Gasteiger partial charge in [-0.1, -0.05) is 0 Å². The summed E-state index contributed by atoms with van der Waals surface area (Å²) in [5.41, 5.74) is 0. The molecule has 1 aliphatic heterocycles. The second-order valence-electron chi connectivity index (χ2n) is 5.25. The van der Waals surface area contributed by atoms with Gasteiger partial charge in [0, 0.05) is 0 Å². The molecule has 7 nitrogen and oxygen atoms in total. The smallest absolute Gasteiger partial charge is 0.328 e. The summed E-state index contributed by atoms with van der Waals surface area (Å²) in [6, 6.07) is 0. The fourth-order valence-electron chi connectivity index (χ4n) is 2.12. The monoisotopic (exact) mass is 320 g/mol. The second kappa shape index (κ2) is 5.54. The van der Waals surface area contributed by atoms with Crippen LogP contribution in [0.25, 0.3) is 0 Å². The summed E-state index contributed by atoms with van der Waals surface area (Å²) in [6.07, 6.45) is 1.61. The summed E-state index contributed by atoms with van der Waals surface area (Å²) < 4.78 is 21.1. The molecule has 1 saturated heterocycles. The van der Waals surface area contributed by atoms with Gasteiger partial charge in [0.25, 0.3) is 0 Å². The minimum absolute atomic E-state index is 0.140. The minimum Gasteiger partial charge on any atom is -0.328 e. The van der Waals surface area contributed by atoms with Gasteiger partial charge in [-0.05, 0) is 12.8 Å². The van der Waals surface area contributed by atoms with Crippen molar-refractivity contribution in [2.75, 3.05) is 27.2 Å². The van der Waals surface area contributed by atoms with E-state index in [2.05, 4.69) is 0 Å². The Morgan fingerprint density at radius 2 is 1.67 bits per heavy atom. The van der Waals surface area contributed by atoms with Crippen molar-refractivity contribution >= 4 is 27.0 Å². The highest BCUT2D eigenvalue weighted by Crippen LogP contribution is 2.65. The largest absolute Gasteiger partial charge is 0.350 e. The van der Waals surface area contributed by atoms with Gasteiger partial charge in [0.15, 0.2) is 0 Å². The summed E-state index contributed by atoms with van der Waals surface area (Å²) in [6.45, 7) is 1.62. The van der Waals surface area contributed by atoms with Crippen LogP contribution in [0.15, 0.2) is 0 Å². The molecule has 0 aromatic rings. The third-order valence-corrected chi connectivity index (χ3v) is 9.22. The van der Waals surface area contributed by atoms with Gasteiger partial charge in [-0.2, -0.15) is 0 Å². The number of thioether (sulfide) groups is 1. The number of hydrogen-bond acceptors (Lipinski definition) is 3. The molecule has 0 amide bonds. The lowest BCUT2D eigenvalue weighted by Crippen LogP contribution is -2.49. The van der Waals surface area contributed by atoms with E-state index >= 15 is 0 Å². The highest BCUT2D eigenvalue weighted by Gasteiger charge is 2.46. The van der Waals surface area contributed by atoms with E-state index in [9.17, 15) is 9.13 Å². The average Bonchev–Trinajstić information content (AvgIpc) is 2.09. The van der Waals surface area contributed by atoms with Crippen molar-refractivity contribution in [3.05, 3.63) is 0 Å². The highest BCUT2D eigenvalue weighted by atomic mass is 32.2. The van der Waals surface area contributed by atoms with Gasteiger partial charge in [-0.25, -0.2) is 0 Å². The van der Waals surface area contributed by atoms with E-state index in [0.717, 1.165) is 31.1 Å². The van der Waals surface area contributed by atoms with Crippen molar-refractivity contribution in [3.63, 3.8) is 0 Å². The number of rotatable bonds is 4. The number of hydrogen-bond donors (Lipinski definition) is 4. The fourth-order valence-corrected chi connectivity index (χ4v) is 7.12. The van der Waals surface area contributed by atoms with Gasteiger partial charge >= 0.3 is 15.2 Å². The van der Waals surface area contributed by atoms with Gasteiger partial charge in [0.1, 0.15) is 0 Å². The molecular formula is C8H20NO6P2S+. The molecule has 10 heteroatoms. The molecule has 1 heterocycles. The van der Waals surface area contributed by atoms with E-state index in [-0.39, 0.29) is 5.25 Å². The maximum Gasteiger partial charge on any atom is 0.350 e. The first kappa shape index (κ1) is 16.7. The average molecular weight is 320 g/mol.